The van der Waals surface area contributed by atoms with Crippen LogP contribution in [0.15, 0.2) is 0 Å². The zero-order valence-corrected chi connectivity index (χ0v) is 11.2. The maximum atomic E-state index is 11.9. The number of hydrogen-bond donors (Lipinski definition) is 2. The van der Waals surface area contributed by atoms with Gasteiger partial charge in [-0.1, -0.05) is 19.8 Å². The van der Waals surface area contributed by atoms with E-state index in [4.69, 9.17) is 5.73 Å². The van der Waals surface area contributed by atoms with E-state index in [0.717, 1.165) is 32.4 Å². The lowest BCUT2D eigenvalue weighted by Crippen LogP contribution is -2.46. The average molecular weight is 241 g/mol. The molecule has 0 saturated carbocycles. The maximum absolute atomic E-state index is 11.9. The Bertz CT molecular complexity index is 225. The Balaban J connectivity index is 2.16. The first kappa shape index (κ1) is 14.5. The first-order chi connectivity index (χ1) is 8.09. The van der Waals surface area contributed by atoms with Crippen molar-refractivity contribution in [2.24, 2.45) is 11.7 Å². The summed E-state index contributed by atoms with van der Waals surface area (Å²) in [6, 6.07) is 0.243. The lowest BCUT2D eigenvalue weighted by Gasteiger charge is -2.28. The van der Waals surface area contributed by atoms with Crippen LogP contribution in [0.1, 0.15) is 52.4 Å². The Labute approximate surface area is 105 Å². The zero-order chi connectivity index (χ0) is 12.7. The summed E-state index contributed by atoms with van der Waals surface area (Å²) < 4.78 is 0. The number of amides is 1. The summed E-state index contributed by atoms with van der Waals surface area (Å²) in [4.78, 5) is 11.9. The van der Waals surface area contributed by atoms with E-state index in [-0.39, 0.29) is 17.9 Å². The predicted octanol–water partition coefficient (Wildman–Crippen LogP) is 1.66. The van der Waals surface area contributed by atoms with Crippen molar-refractivity contribution < 1.29 is 4.79 Å². The van der Waals surface area contributed by atoms with Crippen molar-refractivity contribution in [3.05, 3.63) is 0 Å². The number of carbonyl (C=O) groups excluding carboxylic acids is 1. The normalized spacial score (nSPS) is 20.9. The molecule has 1 amide bonds. The lowest BCUT2D eigenvalue weighted by molar-refractivity contribution is -0.130. The topological polar surface area (TPSA) is 58.4 Å². The highest BCUT2D eigenvalue weighted by atomic mass is 16.2. The molecule has 1 aliphatic heterocycles. The van der Waals surface area contributed by atoms with Crippen LogP contribution in [0.3, 0.4) is 0 Å². The van der Waals surface area contributed by atoms with Crippen LogP contribution in [0.25, 0.3) is 0 Å². The Morgan fingerprint density at radius 3 is 2.47 bits per heavy atom. The Kier molecular flexibility index (Phi) is 6.52. The van der Waals surface area contributed by atoms with Crippen LogP contribution >= 0.6 is 0 Å². The van der Waals surface area contributed by atoms with Gasteiger partial charge in [0.15, 0.2) is 0 Å². The molecule has 2 atom stereocenters. The smallest absolute Gasteiger partial charge is 0.237 e. The van der Waals surface area contributed by atoms with Gasteiger partial charge in [-0.05, 0) is 32.6 Å². The van der Waals surface area contributed by atoms with Gasteiger partial charge < -0.3 is 5.73 Å². The Morgan fingerprint density at radius 1 is 1.24 bits per heavy atom. The minimum atomic E-state index is 0.0932. The number of carbonyl (C=O) groups is 1. The average Bonchev–Trinajstić information content (AvgIpc) is 2.29. The van der Waals surface area contributed by atoms with Gasteiger partial charge >= 0.3 is 0 Å². The van der Waals surface area contributed by atoms with Crippen LogP contribution in [0, 0.1) is 5.92 Å². The van der Waals surface area contributed by atoms with E-state index < -0.39 is 0 Å². The van der Waals surface area contributed by atoms with Crippen molar-refractivity contribution in [1.82, 2.24) is 10.4 Å². The van der Waals surface area contributed by atoms with Crippen molar-refractivity contribution in [2.45, 2.75) is 58.4 Å². The van der Waals surface area contributed by atoms with Crippen molar-refractivity contribution in [1.29, 1.82) is 0 Å². The van der Waals surface area contributed by atoms with Crippen LogP contribution in [0.4, 0.5) is 0 Å². The molecule has 2 unspecified atom stereocenters. The SMILES string of the molecule is CC(N)CCCC(C)C(=O)NN1CCCCC1. The molecule has 17 heavy (non-hydrogen) atoms. The van der Waals surface area contributed by atoms with Gasteiger partial charge in [0.2, 0.25) is 5.91 Å². The van der Waals surface area contributed by atoms with Crippen molar-refractivity contribution in [3.8, 4) is 0 Å². The fourth-order valence-corrected chi connectivity index (χ4v) is 2.15. The predicted molar refractivity (Wildman–Crippen MR) is 70.2 cm³/mol. The van der Waals surface area contributed by atoms with Gasteiger partial charge in [-0.3, -0.25) is 10.2 Å². The van der Waals surface area contributed by atoms with Crippen molar-refractivity contribution in [2.75, 3.05) is 13.1 Å². The molecule has 1 rings (SSSR count). The molecule has 0 aliphatic carbocycles. The standard InChI is InChI=1S/C13H27N3O/c1-11(7-6-8-12(2)14)13(17)15-16-9-4-3-5-10-16/h11-12H,3-10,14H2,1-2H3,(H,15,17). The monoisotopic (exact) mass is 241 g/mol. The summed E-state index contributed by atoms with van der Waals surface area (Å²) in [5.74, 6) is 0.257. The molecular weight excluding hydrogens is 214 g/mol. The Hall–Kier alpha value is -0.610. The first-order valence-electron chi connectivity index (χ1n) is 6.90. The lowest BCUT2D eigenvalue weighted by atomic mass is 10.0. The molecule has 1 aliphatic rings. The van der Waals surface area contributed by atoms with Crippen molar-refractivity contribution in [3.63, 3.8) is 0 Å². The molecule has 4 heteroatoms. The van der Waals surface area contributed by atoms with E-state index in [1.807, 2.05) is 13.8 Å². The molecule has 0 radical (unpaired) electrons. The van der Waals surface area contributed by atoms with Crippen LogP contribution in [0.5, 0.6) is 0 Å². The molecular formula is C13H27N3O. The van der Waals surface area contributed by atoms with Crippen LogP contribution < -0.4 is 11.2 Å². The van der Waals surface area contributed by atoms with E-state index in [0.29, 0.717) is 0 Å². The second kappa shape index (κ2) is 7.67. The minimum absolute atomic E-state index is 0.0932. The van der Waals surface area contributed by atoms with Gasteiger partial charge in [0.25, 0.3) is 0 Å². The molecule has 0 aromatic heterocycles. The summed E-state index contributed by atoms with van der Waals surface area (Å²) in [7, 11) is 0. The molecule has 0 aromatic carbocycles. The highest BCUT2D eigenvalue weighted by molar-refractivity contribution is 5.77. The van der Waals surface area contributed by atoms with E-state index in [2.05, 4.69) is 10.4 Å². The number of hydrazine groups is 1. The van der Waals surface area contributed by atoms with E-state index in [1.54, 1.807) is 0 Å². The molecule has 0 aromatic rings. The van der Waals surface area contributed by atoms with Crippen molar-refractivity contribution >= 4 is 5.91 Å². The number of hydrogen-bond acceptors (Lipinski definition) is 3. The van der Waals surface area contributed by atoms with E-state index >= 15 is 0 Å². The van der Waals surface area contributed by atoms with Gasteiger partial charge in [0, 0.05) is 25.0 Å². The van der Waals surface area contributed by atoms with E-state index in [9.17, 15) is 4.79 Å². The van der Waals surface area contributed by atoms with Gasteiger partial charge in [-0.2, -0.15) is 0 Å². The Morgan fingerprint density at radius 2 is 1.88 bits per heavy atom. The van der Waals surface area contributed by atoms with Gasteiger partial charge in [-0.25, -0.2) is 5.01 Å². The summed E-state index contributed by atoms with van der Waals surface area (Å²) in [5, 5.41) is 2.06. The number of nitrogens with two attached hydrogens (primary N) is 1. The highest BCUT2D eigenvalue weighted by Gasteiger charge is 2.17. The largest absolute Gasteiger partial charge is 0.328 e. The summed E-state index contributed by atoms with van der Waals surface area (Å²) in [6.07, 6.45) is 6.64. The second-order valence-electron chi connectivity index (χ2n) is 5.33. The third kappa shape index (κ3) is 6.03. The highest BCUT2D eigenvalue weighted by Crippen LogP contribution is 2.11. The van der Waals surface area contributed by atoms with Crippen LogP contribution in [-0.4, -0.2) is 30.0 Å². The molecule has 0 spiro atoms. The number of rotatable bonds is 6. The third-order valence-electron chi connectivity index (χ3n) is 3.37. The molecule has 3 N–H and O–H groups in total. The van der Waals surface area contributed by atoms with Crippen LogP contribution in [-0.2, 0) is 4.79 Å². The molecule has 1 fully saturated rings. The molecule has 4 nitrogen and oxygen atoms in total. The molecule has 1 heterocycles. The van der Waals surface area contributed by atoms with Gasteiger partial charge in [0.1, 0.15) is 0 Å². The summed E-state index contributed by atoms with van der Waals surface area (Å²) in [6.45, 7) is 6.01. The number of nitrogens with one attached hydrogen (secondary N) is 1. The molecule has 100 valence electrons. The molecule has 0 bridgehead atoms. The van der Waals surface area contributed by atoms with Gasteiger partial charge in [0.05, 0.1) is 0 Å². The maximum Gasteiger partial charge on any atom is 0.237 e. The first-order valence-corrected chi connectivity index (χ1v) is 6.90. The zero-order valence-electron chi connectivity index (χ0n) is 11.2. The fourth-order valence-electron chi connectivity index (χ4n) is 2.15. The van der Waals surface area contributed by atoms with E-state index in [1.165, 1.54) is 19.3 Å². The third-order valence-corrected chi connectivity index (χ3v) is 3.37. The quantitative estimate of drug-likeness (QED) is 0.743. The minimum Gasteiger partial charge on any atom is -0.328 e. The number of nitrogens with zero attached hydrogens (tertiary/aromatic N) is 1. The summed E-state index contributed by atoms with van der Waals surface area (Å²) >= 11 is 0. The summed E-state index contributed by atoms with van der Waals surface area (Å²) in [5.41, 5.74) is 8.72. The number of piperidine rings is 1. The molecule has 1 saturated heterocycles. The van der Waals surface area contributed by atoms with Gasteiger partial charge in [-0.15, -0.1) is 0 Å². The fraction of sp³-hybridized carbons (Fsp3) is 0.923. The second-order valence-corrected chi connectivity index (χ2v) is 5.33. The van der Waals surface area contributed by atoms with Crippen LogP contribution in [0.2, 0.25) is 0 Å².